The molecule has 0 spiro atoms. The summed E-state index contributed by atoms with van der Waals surface area (Å²) in [4.78, 5) is 6.74. The number of hydrogen-bond donors (Lipinski definition) is 1. The number of nitrogens with two attached hydrogens (primary N) is 1. The molecule has 1 fully saturated rings. The fourth-order valence-electron chi connectivity index (χ4n) is 3.50. The third-order valence-corrected chi connectivity index (χ3v) is 5.01. The molecule has 0 bridgehead atoms. The molecule has 2 aromatic carbocycles. The number of hydrogen-bond acceptors (Lipinski definition) is 4. The predicted molar refractivity (Wildman–Crippen MR) is 99.7 cm³/mol. The Labute approximate surface area is 151 Å². The molecular formula is C20H20FN5. The minimum absolute atomic E-state index is 0.0271. The molecule has 0 saturated carbocycles. The van der Waals surface area contributed by atoms with E-state index in [4.69, 9.17) is 16.0 Å². The van der Waals surface area contributed by atoms with Gasteiger partial charge in [-0.2, -0.15) is 5.26 Å². The molecule has 3 aromatic rings. The fraction of sp³-hybridized carbons (Fsp3) is 0.300. The van der Waals surface area contributed by atoms with Crippen LogP contribution in [0.15, 0.2) is 48.5 Å². The van der Waals surface area contributed by atoms with Crippen LogP contribution in [-0.4, -0.2) is 34.9 Å². The second kappa shape index (κ2) is 6.43. The molecule has 2 N–H and O–H groups in total. The van der Waals surface area contributed by atoms with Crippen molar-refractivity contribution in [1.82, 2.24) is 9.55 Å². The first kappa shape index (κ1) is 16.6. The van der Waals surface area contributed by atoms with E-state index in [1.807, 2.05) is 53.4 Å². The molecule has 5 nitrogen and oxygen atoms in total. The quantitative estimate of drug-likeness (QED) is 0.786. The largest absolute Gasteiger partial charge is 0.339 e. The lowest BCUT2D eigenvalue weighted by atomic mass is 10.1. The van der Waals surface area contributed by atoms with E-state index in [2.05, 4.69) is 10.6 Å². The van der Waals surface area contributed by atoms with Gasteiger partial charge in [-0.05, 0) is 29.8 Å². The lowest BCUT2D eigenvalue weighted by Crippen LogP contribution is -2.37. The van der Waals surface area contributed by atoms with Crippen molar-refractivity contribution in [1.29, 1.82) is 5.26 Å². The Morgan fingerprint density at radius 1 is 1.19 bits per heavy atom. The number of halogens is 1. The van der Waals surface area contributed by atoms with E-state index in [9.17, 15) is 4.39 Å². The molecular weight excluding hydrogens is 329 g/mol. The number of fused-ring (bicyclic) bond motifs is 1. The molecule has 132 valence electrons. The Morgan fingerprint density at radius 2 is 1.96 bits per heavy atom. The average Bonchev–Trinajstić information content (AvgIpc) is 3.24. The molecule has 0 amide bonds. The van der Waals surface area contributed by atoms with Gasteiger partial charge in [0.2, 0.25) is 5.95 Å². The first-order valence-electron chi connectivity index (χ1n) is 8.70. The van der Waals surface area contributed by atoms with E-state index in [-0.39, 0.29) is 13.1 Å². The van der Waals surface area contributed by atoms with Crippen molar-refractivity contribution < 1.29 is 4.39 Å². The average molecular weight is 349 g/mol. The van der Waals surface area contributed by atoms with E-state index < -0.39 is 5.67 Å². The molecule has 1 saturated heterocycles. The lowest BCUT2D eigenvalue weighted by Gasteiger charge is -2.21. The summed E-state index contributed by atoms with van der Waals surface area (Å²) in [5.41, 5.74) is 7.87. The number of anilines is 1. The molecule has 1 unspecified atom stereocenters. The Balaban J connectivity index is 1.73. The van der Waals surface area contributed by atoms with Gasteiger partial charge >= 0.3 is 0 Å². The smallest absolute Gasteiger partial charge is 0.206 e. The third-order valence-electron chi connectivity index (χ3n) is 5.01. The van der Waals surface area contributed by atoms with Crippen molar-refractivity contribution in [3.8, 4) is 6.07 Å². The zero-order chi connectivity index (χ0) is 18.1. The number of alkyl halides is 1. The van der Waals surface area contributed by atoms with Crippen molar-refractivity contribution in [3.05, 3.63) is 59.7 Å². The maximum Gasteiger partial charge on any atom is 0.206 e. The van der Waals surface area contributed by atoms with Crippen LogP contribution >= 0.6 is 0 Å². The number of imidazole rings is 1. The summed E-state index contributed by atoms with van der Waals surface area (Å²) in [5.74, 6) is 0.767. The van der Waals surface area contributed by atoms with E-state index in [0.717, 1.165) is 22.5 Å². The van der Waals surface area contributed by atoms with Crippen LogP contribution < -0.4 is 10.6 Å². The fourth-order valence-corrected chi connectivity index (χ4v) is 3.50. The Bertz CT molecular complexity index is 972. The Morgan fingerprint density at radius 3 is 2.65 bits per heavy atom. The van der Waals surface area contributed by atoms with Crippen LogP contribution in [0.25, 0.3) is 11.0 Å². The van der Waals surface area contributed by atoms with Crippen LogP contribution in [0.2, 0.25) is 0 Å². The van der Waals surface area contributed by atoms with Crippen molar-refractivity contribution in [3.63, 3.8) is 0 Å². The van der Waals surface area contributed by atoms with Gasteiger partial charge in [0.25, 0.3) is 0 Å². The van der Waals surface area contributed by atoms with Crippen LogP contribution in [0.5, 0.6) is 0 Å². The summed E-state index contributed by atoms with van der Waals surface area (Å²) in [6.07, 6.45) is 0.420. The number of nitrogens with zero attached hydrogens (tertiary/aromatic N) is 4. The summed E-state index contributed by atoms with van der Waals surface area (Å²) in [7, 11) is 0. The van der Waals surface area contributed by atoms with E-state index in [1.54, 1.807) is 0 Å². The number of benzene rings is 2. The van der Waals surface area contributed by atoms with Gasteiger partial charge in [-0.25, -0.2) is 9.37 Å². The number of nitriles is 1. The van der Waals surface area contributed by atoms with Gasteiger partial charge in [0, 0.05) is 19.5 Å². The second-order valence-electron chi connectivity index (χ2n) is 6.82. The molecule has 1 aliphatic rings. The molecule has 0 aliphatic carbocycles. The van der Waals surface area contributed by atoms with E-state index in [0.29, 0.717) is 25.1 Å². The van der Waals surface area contributed by atoms with Crippen LogP contribution in [0.3, 0.4) is 0 Å². The normalized spacial score (nSPS) is 19.8. The summed E-state index contributed by atoms with van der Waals surface area (Å²) in [6, 6.07) is 17.6. The van der Waals surface area contributed by atoms with Crippen LogP contribution in [0, 0.1) is 11.3 Å². The molecule has 6 heteroatoms. The minimum atomic E-state index is -1.35. The number of aromatic nitrogens is 2. The zero-order valence-electron chi connectivity index (χ0n) is 14.4. The van der Waals surface area contributed by atoms with Gasteiger partial charge in [0.1, 0.15) is 5.67 Å². The van der Waals surface area contributed by atoms with Gasteiger partial charge in [-0.1, -0.05) is 24.3 Å². The van der Waals surface area contributed by atoms with Crippen molar-refractivity contribution in [2.75, 3.05) is 24.5 Å². The zero-order valence-corrected chi connectivity index (χ0v) is 14.4. The highest BCUT2D eigenvalue weighted by Gasteiger charge is 2.38. The highest BCUT2D eigenvalue weighted by atomic mass is 19.1. The van der Waals surface area contributed by atoms with Crippen LogP contribution in [0.4, 0.5) is 10.3 Å². The monoisotopic (exact) mass is 349 g/mol. The van der Waals surface area contributed by atoms with Crippen LogP contribution in [0.1, 0.15) is 17.5 Å². The van der Waals surface area contributed by atoms with E-state index in [1.165, 1.54) is 0 Å². The SMILES string of the molecule is N#Cc1ccc(Cn2c(N3CCC(F)(CN)C3)nc3ccccc32)cc1. The summed E-state index contributed by atoms with van der Waals surface area (Å²) < 4.78 is 16.8. The summed E-state index contributed by atoms with van der Waals surface area (Å²) >= 11 is 0. The third kappa shape index (κ3) is 2.91. The van der Waals surface area contributed by atoms with Gasteiger partial charge in [-0.3, -0.25) is 0 Å². The molecule has 1 aromatic heterocycles. The van der Waals surface area contributed by atoms with Crippen LogP contribution in [-0.2, 0) is 6.54 Å². The summed E-state index contributed by atoms with van der Waals surface area (Å²) in [5, 5.41) is 8.97. The Kier molecular flexibility index (Phi) is 4.09. The molecule has 2 heterocycles. The first-order chi connectivity index (χ1) is 12.6. The molecule has 4 rings (SSSR count). The molecule has 1 atom stereocenters. The van der Waals surface area contributed by atoms with Gasteiger partial charge < -0.3 is 15.2 Å². The molecule has 0 radical (unpaired) electrons. The maximum atomic E-state index is 14.6. The van der Waals surface area contributed by atoms with E-state index >= 15 is 0 Å². The number of para-hydroxylation sites is 2. The lowest BCUT2D eigenvalue weighted by molar-refractivity contribution is 0.203. The Hall–Kier alpha value is -2.91. The molecule has 1 aliphatic heterocycles. The second-order valence-corrected chi connectivity index (χ2v) is 6.82. The standard InChI is InChI=1S/C20H20FN5/c21-20(13-23)9-10-25(14-20)19-24-17-3-1-2-4-18(17)26(19)12-16-7-5-15(11-22)6-8-16/h1-8H,9-10,12-14,23H2. The van der Waals surface area contributed by atoms with Crippen molar-refractivity contribution in [2.24, 2.45) is 5.73 Å². The highest BCUT2D eigenvalue weighted by molar-refractivity contribution is 5.79. The van der Waals surface area contributed by atoms with Crippen molar-refractivity contribution >= 4 is 17.0 Å². The topological polar surface area (TPSA) is 70.9 Å². The van der Waals surface area contributed by atoms with Gasteiger partial charge in [0.05, 0.1) is 35.8 Å². The highest BCUT2D eigenvalue weighted by Crippen LogP contribution is 2.31. The predicted octanol–water partition coefficient (Wildman–Crippen LogP) is 2.83. The first-order valence-corrected chi connectivity index (χ1v) is 8.70. The summed E-state index contributed by atoms with van der Waals surface area (Å²) in [6.45, 7) is 1.50. The number of rotatable bonds is 4. The maximum absolute atomic E-state index is 14.6. The van der Waals surface area contributed by atoms with Crippen molar-refractivity contribution in [2.45, 2.75) is 18.6 Å². The van der Waals surface area contributed by atoms with Gasteiger partial charge in [-0.15, -0.1) is 0 Å². The molecule has 26 heavy (non-hydrogen) atoms. The van der Waals surface area contributed by atoms with Gasteiger partial charge in [0.15, 0.2) is 0 Å². The minimum Gasteiger partial charge on any atom is -0.339 e.